The normalized spacial score (nSPS) is 10.7. The van der Waals surface area contributed by atoms with E-state index in [1.165, 1.54) is 0 Å². The summed E-state index contributed by atoms with van der Waals surface area (Å²) >= 11 is 0. The molecule has 18 heavy (non-hydrogen) atoms. The highest BCUT2D eigenvalue weighted by atomic mass is 14.9. The SMILES string of the molecule is Cc1cccnc1-c1cc2cccnc2c(N)n1. The average molecular weight is 236 g/mol. The van der Waals surface area contributed by atoms with Crippen molar-refractivity contribution in [1.82, 2.24) is 15.0 Å². The maximum Gasteiger partial charge on any atom is 0.150 e. The summed E-state index contributed by atoms with van der Waals surface area (Å²) in [5, 5.41) is 0.977. The van der Waals surface area contributed by atoms with Crippen LogP contribution in [0.1, 0.15) is 5.56 Å². The van der Waals surface area contributed by atoms with Crippen molar-refractivity contribution in [3.05, 3.63) is 48.3 Å². The minimum atomic E-state index is 0.438. The molecule has 0 aliphatic carbocycles. The van der Waals surface area contributed by atoms with Crippen LogP contribution in [0.5, 0.6) is 0 Å². The van der Waals surface area contributed by atoms with Gasteiger partial charge >= 0.3 is 0 Å². The second-order valence-corrected chi connectivity index (χ2v) is 4.14. The van der Waals surface area contributed by atoms with Crippen LogP contribution in [0.4, 0.5) is 5.82 Å². The predicted octanol–water partition coefficient (Wildman–Crippen LogP) is 2.58. The Balaban J connectivity index is 2.28. The van der Waals surface area contributed by atoms with Crippen molar-refractivity contribution in [1.29, 1.82) is 0 Å². The molecule has 4 heteroatoms. The zero-order valence-electron chi connectivity index (χ0n) is 9.96. The fourth-order valence-electron chi connectivity index (χ4n) is 1.99. The summed E-state index contributed by atoms with van der Waals surface area (Å²) in [4.78, 5) is 13.0. The summed E-state index contributed by atoms with van der Waals surface area (Å²) in [6.45, 7) is 2.01. The Labute approximate surface area is 105 Å². The van der Waals surface area contributed by atoms with Crippen LogP contribution in [-0.2, 0) is 0 Å². The minimum Gasteiger partial charge on any atom is -0.382 e. The number of hydrogen-bond donors (Lipinski definition) is 1. The molecule has 2 N–H and O–H groups in total. The van der Waals surface area contributed by atoms with Crippen molar-refractivity contribution in [3.63, 3.8) is 0 Å². The van der Waals surface area contributed by atoms with E-state index in [0.29, 0.717) is 5.82 Å². The third-order valence-electron chi connectivity index (χ3n) is 2.87. The van der Waals surface area contributed by atoms with Gasteiger partial charge in [0.25, 0.3) is 0 Å². The first-order valence-corrected chi connectivity index (χ1v) is 5.69. The predicted molar refractivity (Wildman–Crippen MR) is 71.9 cm³/mol. The molecule has 3 rings (SSSR count). The molecule has 0 aromatic carbocycles. The van der Waals surface area contributed by atoms with Gasteiger partial charge in [-0.25, -0.2) is 4.98 Å². The van der Waals surface area contributed by atoms with Crippen LogP contribution in [0.2, 0.25) is 0 Å². The Bertz CT molecular complexity index is 722. The van der Waals surface area contributed by atoms with Crippen LogP contribution < -0.4 is 5.73 Å². The summed E-state index contributed by atoms with van der Waals surface area (Å²) in [7, 11) is 0. The molecule has 3 aromatic rings. The lowest BCUT2D eigenvalue weighted by Gasteiger charge is -2.06. The Morgan fingerprint density at radius 3 is 2.67 bits per heavy atom. The molecule has 3 heterocycles. The Hall–Kier alpha value is -2.49. The van der Waals surface area contributed by atoms with E-state index in [1.807, 2.05) is 37.3 Å². The molecule has 88 valence electrons. The lowest BCUT2D eigenvalue weighted by atomic mass is 10.1. The van der Waals surface area contributed by atoms with Crippen LogP contribution >= 0.6 is 0 Å². The van der Waals surface area contributed by atoms with Gasteiger partial charge in [0.2, 0.25) is 0 Å². The van der Waals surface area contributed by atoms with Gasteiger partial charge in [0.1, 0.15) is 5.52 Å². The van der Waals surface area contributed by atoms with E-state index in [1.54, 1.807) is 12.4 Å². The van der Waals surface area contributed by atoms with Gasteiger partial charge in [0, 0.05) is 17.8 Å². The van der Waals surface area contributed by atoms with E-state index in [0.717, 1.165) is 27.9 Å². The van der Waals surface area contributed by atoms with Crippen molar-refractivity contribution in [2.45, 2.75) is 6.92 Å². The molecule has 4 nitrogen and oxygen atoms in total. The van der Waals surface area contributed by atoms with Gasteiger partial charge in [-0.2, -0.15) is 0 Å². The van der Waals surface area contributed by atoms with Crippen molar-refractivity contribution in [2.24, 2.45) is 0 Å². The number of rotatable bonds is 1. The van der Waals surface area contributed by atoms with Crippen LogP contribution in [0.3, 0.4) is 0 Å². The van der Waals surface area contributed by atoms with E-state index in [-0.39, 0.29) is 0 Å². The third-order valence-corrected chi connectivity index (χ3v) is 2.87. The summed E-state index contributed by atoms with van der Waals surface area (Å²) in [6, 6.07) is 9.74. The molecule has 3 aromatic heterocycles. The Kier molecular flexibility index (Phi) is 2.41. The van der Waals surface area contributed by atoms with E-state index >= 15 is 0 Å². The standard InChI is InChI=1S/C14H12N4/c1-9-4-2-6-16-12(9)11-8-10-5-3-7-17-13(10)14(15)18-11/h2-8H,1H3,(H2,15,18). The van der Waals surface area contributed by atoms with Crippen molar-refractivity contribution >= 4 is 16.7 Å². The first-order valence-electron chi connectivity index (χ1n) is 5.69. The van der Waals surface area contributed by atoms with Crippen LogP contribution in [0.15, 0.2) is 42.7 Å². The highest BCUT2D eigenvalue weighted by Gasteiger charge is 2.08. The van der Waals surface area contributed by atoms with Gasteiger partial charge in [-0.1, -0.05) is 12.1 Å². The highest BCUT2D eigenvalue weighted by Crippen LogP contribution is 2.25. The lowest BCUT2D eigenvalue weighted by Crippen LogP contribution is -1.97. The monoisotopic (exact) mass is 236 g/mol. The minimum absolute atomic E-state index is 0.438. The maximum absolute atomic E-state index is 5.94. The second kappa shape index (κ2) is 4.07. The first kappa shape index (κ1) is 10.7. The topological polar surface area (TPSA) is 64.7 Å². The molecular weight excluding hydrogens is 224 g/mol. The van der Waals surface area contributed by atoms with Crippen LogP contribution in [0.25, 0.3) is 22.3 Å². The number of pyridine rings is 3. The van der Waals surface area contributed by atoms with Gasteiger partial charge in [-0.05, 0) is 30.7 Å². The van der Waals surface area contributed by atoms with Gasteiger partial charge in [0.05, 0.1) is 11.4 Å². The number of hydrogen-bond acceptors (Lipinski definition) is 4. The number of aromatic nitrogens is 3. The number of nitrogens with zero attached hydrogens (tertiary/aromatic N) is 3. The van der Waals surface area contributed by atoms with E-state index in [4.69, 9.17) is 5.73 Å². The Morgan fingerprint density at radius 2 is 1.83 bits per heavy atom. The zero-order chi connectivity index (χ0) is 12.5. The van der Waals surface area contributed by atoms with Gasteiger partial charge in [0.15, 0.2) is 5.82 Å². The van der Waals surface area contributed by atoms with Crippen molar-refractivity contribution < 1.29 is 0 Å². The second-order valence-electron chi connectivity index (χ2n) is 4.14. The summed E-state index contributed by atoms with van der Waals surface area (Å²) in [6.07, 6.45) is 3.47. The van der Waals surface area contributed by atoms with E-state index in [9.17, 15) is 0 Å². The van der Waals surface area contributed by atoms with E-state index < -0.39 is 0 Å². The Morgan fingerprint density at radius 1 is 1.06 bits per heavy atom. The molecule has 0 unspecified atom stereocenters. The molecule has 0 aliphatic rings. The molecule has 0 fully saturated rings. The van der Waals surface area contributed by atoms with Crippen molar-refractivity contribution in [2.75, 3.05) is 5.73 Å². The molecule has 0 aliphatic heterocycles. The quantitative estimate of drug-likeness (QED) is 0.705. The number of aryl methyl sites for hydroxylation is 1. The first-order chi connectivity index (χ1) is 8.75. The van der Waals surface area contributed by atoms with Gasteiger partial charge in [-0.15, -0.1) is 0 Å². The number of anilines is 1. The summed E-state index contributed by atoms with van der Waals surface area (Å²) < 4.78 is 0. The largest absolute Gasteiger partial charge is 0.382 e. The molecule has 0 bridgehead atoms. The fraction of sp³-hybridized carbons (Fsp3) is 0.0714. The molecule has 0 atom stereocenters. The van der Waals surface area contributed by atoms with Gasteiger partial charge in [-0.3, -0.25) is 9.97 Å². The molecule has 0 saturated carbocycles. The van der Waals surface area contributed by atoms with Crippen LogP contribution in [-0.4, -0.2) is 15.0 Å². The molecule has 0 radical (unpaired) electrons. The average Bonchev–Trinajstić information content (AvgIpc) is 2.39. The van der Waals surface area contributed by atoms with E-state index in [2.05, 4.69) is 15.0 Å². The highest BCUT2D eigenvalue weighted by molar-refractivity contribution is 5.90. The molecule has 0 amide bonds. The molecule has 0 spiro atoms. The summed E-state index contributed by atoms with van der Waals surface area (Å²) in [5.74, 6) is 0.438. The summed E-state index contributed by atoms with van der Waals surface area (Å²) in [5.41, 5.74) is 9.39. The number of nitrogen functional groups attached to an aromatic ring is 1. The van der Waals surface area contributed by atoms with Crippen LogP contribution in [0, 0.1) is 6.92 Å². The lowest BCUT2D eigenvalue weighted by molar-refractivity contribution is 1.22. The number of fused-ring (bicyclic) bond motifs is 1. The smallest absolute Gasteiger partial charge is 0.150 e. The maximum atomic E-state index is 5.94. The molecule has 0 saturated heterocycles. The number of nitrogens with two attached hydrogens (primary N) is 1. The zero-order valence-corrected chi connectivity index (χ0v) is 9.96. The third kappa shape index (κ3) is 1.68. The fourth-order valence-corrected chi connectivity index (χ4v) is 1.99. The molecular formula is C14H12N4. The van der Waals surface area contributed by atoms with Gasteiger partial charge < -0.3 is 5.73 Å². The van der Waals surface area contributed by atoms with Crippen molar-refractivity contribution in [3.8, 4) is 11.4 Å².